The Morgan fingerprint density at radius 1 is 1.15 bits per heavy atom. The Balaban J connectivity index is 0.000000196. The molecule has 0 amide bonds. The number of nitrogens with zero attached hydrogens (tertiary/aromatic N) is 3. The van der Waals surface area contributed by atoms with E-state index >= 15 is 0 Å². The van der Waals surface area contributed by atoms with Crippen molar-refractivity contribution in [3.05, 3.63) is 84.0 Å². The third kappa shape index (κ3) is 6.69. The predicted molar refractivity (Wildman–Crippen MR) is 145 cm³/mol. The number of fused-ring (bicyclic) bond motifs is 1. The predicted octanol–water partition coefficient (Wildman–Crippen LogP) is 7.52. The molecule has 1 aliphatic rings. The maximum absolute atomic E-state index is 6.34. The molecule has 1 aliphatic heterocycles. The van der Waals surface area contributed by atoms with Gasteiger partial charge in [0.2, 0.25) is 0 Å². The van der Waals surface area contributed by atoms with Gasteiger partial charge in [-0.1, -0.05) is 86.6 Å². The lowest BCUT2D eigenvalue weighted by Crippen LogP contribution is -2.49. The average molecular weight is 462 g/mol. The van der Waals surface area contributed by atoms with E-state index in [1.54, 1.807) is 0 Å². The van der Waals surface area contributed by atoms with Gasteiger partial charge < -0.3 is 9.80 Å². The number of halogens is 1. The number of hydrogen-bond donors (Lipinski definition) is 0. The summed E-state index contributed by atoms with van der Waals surface area (Å²) in [7, 11) is 2.20. The van der Waals surface area contributed by atoms with Crippen LogP contribution in [0.2, 0.25) is 5.02 Å². The maximum atomic E-state index is 6.34. The Bertz CT molecular complexity index is 1080. The third-order valence-corrected chi connectivity index (χ3v) is 6.46. The molecule has 2 aromatic carbocycles. The summed E-state index contributed by atoms with van der Waals surface area (Å²) in [5.41, 5.74) is 5.23. The van der Waals surface area contributed by atoms with Gasteiger partial charge in [0.25, 0.3) is 0 Å². The van der Waals surface area contributed by atoms with Crippen LogP contribution < -0.4 is 0 Å². The number of likely N-dealkylation sites (N-methyl/N-ethyl adjacent to an activating group) is 1. The van der Waals surface area contributed by atoms with Crippen molar-refractivity contribution in [1.82, 2.24) is 14.8 Å². The third-order valence-electron chi connectivity index (χ3n) is 6.14. The van der Waals surface area contributed by atoms with Gasteiger partial charge in [-0.15, -0.1) is 0 Å². The highest BCUT2D eigenvalue weighted by atomic mass is 35.5. The number of pyridine rings is 1. The molecule has 1 atom stereocenters. The lowest BCUT2D eigenvalue weighted by atomic mass is 10.1. The standard InChI is InChI=1S/C17H12ClN.C12H24N2/c1-2-12-8-9-14-15(18)11-16(19-17(14)10-12)13-6-4-3-5-7-13;1-5-6-7-11(2)14-9-8-13(4)10-12(14)3/h2-11H,1H2;12H,2,5-10H2,1,3-4H3. The Labute approximate surface area is 204 Å². The van der Waals surface area contributed by atoms with Gasteiger partial charge in [0.1, 0.15) is 0 Å². The first-order valence-corrected chi connectivity index (χ1v) is 12.2. The molecule has 4 heteroatoms. The van der Waals surface area contributed by atoms with Gasteiger partial charge in [-0.3, -0.25) is 0 Å². The number of rotatable bonds is 6. The molecule has 1 unspecified atom stereocenters. The van der Waals surface area contributed by atoms with Crippen LogP contribution in [0.5, 0.6) is 0 Å². The van der Waals surface area contributed by atoms with Crippen LogP contribution in [-0.2, 0) is 0 Å². The van der Waals surface area contributed by atoms with E-state index in [-0.39, 0.29) is 0 Å². The Hall–Kier alpha value is -2.62. The molecule has 0 aliphatic carbocycles. The molecule has 4 rings (SSSR count). The molecule has 33 heavy (non-hydrogen) atoms. The quantitative estimate of drug-likeness (QED) is 0.378. The van der Waals surface area contributed by atoms with Gasteiger partial charge in [0.05, 0.1) is 16.2 Å². The molecule has 0 N–H and O–H groups in total. The van der Waals surface area contributed by atoms with Gasteiger partial charge in [-0.2, -0.15) is 0 Å². The van der Waals surface area contributed by atoms with Crippen LogP contribution in [0.3, 0.4) is 0 Å². The van der Waals surface area contributed by atoms with Gasteiger partial charge in [-0.25, -0.2) is 4.98 Å². The van der Waals surface area contributed by atoms with Crippen molar-refractivity contribution in [2.75, 3.05) is 26.7 Å². The van der Waals surface area contributed by atoms with Crippen LogP contribution in [0.4, 0.5) is 0 Å². The van der Waals surface area contributed by atoms with Crippen LogP contribution in [0.25, 0.3) is 28.2 Å². The van der Waals surface area contributed by atoms with Crippen molar-refractivity contribution in [2.45, 2.75) is 39.2 Å². The van der Waals surface area contributed by atoms with E-state index in [2.05, 4.69) is 48.8 Å². The first-order valence-electron chi connectivity index (χ1n) is 11.8. The molecule has 0 saturated carbocycles. The van der Waals surface area contributed by atoms with E-state index in [0.717, 1.165) is 39.3 Å². The zero-order valence-corrected chi connectivity index (χ0v) is 21.0. The summed E-state index contributed by atoms with van der Waals surface area (Å²) in [6.45, 7) is 16.0. The van der Waals surface area contributed by atoms with E-state index in [0.29, 0.717) is 6.04 Å². The molecular formula is C29H36ClN3. The largest absolute Gasteiger partial charge is 0.370 e. The summed E-state index contributed by atoms with van der Waals surface area (Å²) >= 11 is 6.34. The molecule has 174 valence electrons. The number of unbranched alkanes of at least 4 members (excludes halogenated alkanes) is 1. The Morgan fingerprint density at radius 2 is 1.91 bits per heavy atom. The summed E-state index contributed by atoms with van der Waals surface area (Å²) in [5.74, 6) is 0. The minimum Gasteiger partial charge on any atom is -0.370 e. The number of hydrogen-bond acceptors (Lipinski definition) is 3. The second-order valence-electron chi connectivity index (χ2n) is 8.81. The molecular weight excluding hydrogens is 426 g/mol. The Kier molecular flexibility index (Phi) is 9.11. The topological polar surface area (TPSA) is 19.4 Å². The summed E-state index contributed by atoms with van der Waals surface area (Å²) in [6, 6.07) is 18.6. The number of aromatic nitrogens is 1. The normalized spacial score (nSPS) is 16.2. The molecule has 0 spiro atoms. The average Bonchev–Trinajstić information content (AvgIpc) is 2.83. The van der Waals surface area contributed by atoms with Crippen LogP contribution in [0.1, 0.15) is 38.7 Å². The lowest BCUT2D eigenvalue weighted by molar-refractivity contribution is 0.128. The van der Waals surface area contributed by atoms with E-state index < -0.39 is 0 Å². The SMILES string of the molecule is C=C(CCCC)N1CCN(C)CC1C.C=Cc1ccc2c(Cl)cc(-c3ccccc3)nc2c1. The summed E-state index contributed by atoms with van der Waals surface area (Å²) in [4.78, 5) is 9.56. The highest BCUT2D eigenvalue weighted by molar-refractivity contribution is 6.35. The minimum absolute atomic E-state index is 0.637. The molecule has 2 heterocycles. The number of benzene rings is 2. The molecule has 1 fully saturated rings. The van der Waals surface area contributed by atoms with Gasteiger partial charge >= 0.3 is 0 Å². The molecule has 0 bridgehead atoms. The number of allylic oxidation sites excluding steroid dienone is 1. The van der Waals surface area contributed by atoms with E-state index in [4.69, 9.17) is 11.6 Å². The van der Waals surface area contributed by atoms with Crippen LogP contribution in [0.15, 0.2) is 73.5 Å². The monoisotopic (exact) mass is 461 g/mol. The maximum Gasteiger partial charge on any atom is 0.0730 e. The van der Waals surface area contributed by atoms with Crippen molar-refractivity contribution in [3.8, 4) is 11.3 Å². The van der Waals surface area contributed by atoms with Crippen LogP contribution >= 0.6 is 11.6 Å². The lowest BCUT2D eigenvalue weighted by Gasteiger charge is -2.40. The first-order chi connectivity index (χ1) is 15.9. The first kappa shape index (κ1) is 25.0. The van der Waals surface area contributed by atoms with Gasteiger partial charge in [-0.05, 0) is 44.5 Å². The zero-order chi connectivity index (χ0) is 23.8. The van der Waals surface area contributed by atoms with Crippen LogP contribution in [-0.4, -0.2) is 47.5 Å². The van der Waals surface area contributed by atoms with Crippen LogP contribution in [0, 0.1) is 0 Å². The fourth-order valence-corrected chi connectivity index (χ4v) is 4.48. The van der Waals surface area contributed by atoms with Crippen molar-refractivity contribution in [3.63, 3.8) is 0 Å². The summed E-state index contributed by atoms with van der Waals surface area (Å²) < 4.78 is 0. The number of piperazine rings is 1. The fourth-order valence-electron chi connectivity index (χ4n) is 4.22. The summed E-state index contributed by atoms with van der Waals surface area (Å²) in [5, 5.41) is 1.69. The molecule has 1 aromatic heterocycles. The minimum atomic E-state index is 0.637. The van der Waals surface area contributed by atoms with Gasteiger partial charge in [0.15, 0.2) is 0 Å². The summed E-state index contributed by atoms with van der Waals surface area (Å²) in [6.07, 6.45) is 5.52. The second kappa shape index (κ2) is 12.0. The highest BCUT2D eigenvalue weighted by Crippen LogP contribution is 2.28. The Morgan fingerprint density at radius 3 is 2.58 bits per heavy atom. The molecule has 1 saturated heterocycles. The van der Waals surface area contributed by atoms with Crippen molar-refractivity contribution in [2.24, 2.45) is 0 Å². The van der Waals surface area contributed by atoms with Crippen molar-refractivity contribution < 1.29 is 0 Å². The molecule has 3 nitrogen and oxygen atoms in total. The zero-order valence-electron chi connectivity index (χ0n) is 20.2. The van der Waals surface area contributed by atoms with Crippen molar-refractivity contribution >= 4 is 28.6 Å². The van der Waals surface area contributed by atoms with Gasteiger partial charge in [0, 0.05) is 42.3 Å². The molecule has 3 aromatic rings. The highest BCUT2D eigenvalue weighted by Gasteiger charge is 2.21. The fraction of sp³-hybridized carbons (Fsp3) is 0.345. The second-order valence-corrected chi connectivity index (χ2v) is 9.22. The molecule has 0 radical (unpaired) electrons. The van der Waals surface area contributed by atoms with E-state index in [9.17, 15) is 0 Å². The smallest absolute Gasteiger partial charge is 0.0730 e. The van der Waals surface area contributed by atoms with Crippen molar-refractivity contribution in [1.29, 1.82) is 0 Å². The van der Waals surface area contributed by atoms with E-state index in [1.807, 2.05) is 60.7 Å². The van der Waals surface area contributed by atoms with E-state index in [1.165, 1.54) is 38.0 Å².